The smallest absolute Gasteiger partial charge is 0.0946 e. The van der Waals surface area contributed by atoms with Crippen molar-refractivity contribution in [2.24, 2.45) is 0 Å². The lowest BCUT2D eigenvalue weighted by Crippen LogP contribution is -2.42. The van der Waals surface area contributed by atoms with Crippen LogP contribution in [0.4, 0.5) is 0 Å². The summed E-state index contributed by atoms with van der Waals surface area (Å²) in [5.74, 6) is 1.12. The van der Waals surface area contributed by atoms with Crippen LogP contribution in [0.1, 0.15) is 25.8 Å². The normalized spacial score (nSPS) is 25.5. The number of rotatable bonds is 3. The number of nitrogens with zero attached hydrogens (tertiary/aromatic N) is 1. The van der Waals surface area contributed by atoms with E-state index in [1.165, 1.54) is 5.56 Å². The van der Waals surface area contributed by atoms with Gasteiger partial charge in [-0.15, -0.1) is 0 Å². The summed E-state index contributed by atoms with van der Waals surface area (Å²) in [6, 6.07) is 11.6. The predicted molar refractivity (Wildman–Crippen MR) is 70.6 cm³/mol. The van der Waals surface area contributed by atoms with Crippen molar-refractivity contribution in [2.75, 3.05) is 7.11 Å². The highest BCUT2D eigenvalue weighted by atomic mass is 16.5. The number of benzene rings is 1. The Morgan fingerprint density at radius 2 is 1.94 bits per heavy atom. The highest BCUT2D eigenvalue weighted by molar-refractivity contribution is 5.16. The summed E-state index contributed by atoms with van der Waals surface area (Å²) in [6.07, 6.45) is 3.23. The van der Waals surface area contributed by atoms with Crippen LogP contribution in [0.3, 0.4) is 0 Å². The Kier molecular flexibility index (Phi) is 3.85. The van der Waals surface area contributed by atoms with E-state index in [0.717, 1.165) is 18.7 Å². The molecule has 0 radical (unpaired) electrons. The fourth-order valence-electron chi connectivity index (χ4n) is 2.49. The SMILES string of the molecule is COC1=CC(C)N(Cc2ccccc2)C(C)C1. The molecule has 1 aromatic carbocycles. The van der Waals surface area contributed by atoms with E-state index in [2.05, 4.69) is 55.2 Å². The van der Waals surface area contributed by atoms with Gasteiger partial charge in [0.05, 0.1) is 12.9 Å². The number of hydrogen-bond acceptors (Lipinski definition) is 2. The quantitative estimate of drug-likeness (QED) is 0.792. The summed E-state index contributed by atoms with van der Waals surface area (Å²) in [5, 5.41) is 0. The third-order valence-electron chi connectivity index (χ3n) is 3.48. The largest absolute Gasteiger partial charge is 0.501 e. The Hall–Kier alpha value is -1.28. The van der Waals surface area contributed by atoms with Crippen LogP contribution in [0.2, 0.25) is 0 Å². The lowest BCUT2D eigenvalue weighted by Gasteiger charge is -2.37. The van der Waals surface area contributed by atoms with Crippen molar-refractivity contribution in [2.45, 2.75) is 38.9 Å². The molecule has 17 heavy (non-hydrogen) atoms. The molecule has 2 atom stereocenters. The first-order valence-corrected chi connectivity index (χ1v) is 6.25. The summed E-state index contributed by atoms with van der Waals surface area (Å²) in [4.78, 5) is 2.51. The van der Waals surface area contributed by atoms with Crippen LogP contribution in [0.5, 0.6) is 0 Å². The topological polar surface area (TPSA) is 12.5 Å². The molecule has 0 aliphatic carbocycles. The van der Waals surface area contributed by atoms with Gasteiger partial charge in [-0.1, -0.05) is 30.3 Å². The van der Waals surface area contributed by atoms with Gasteiger partial charge in [0.1, 0.15) is 0 Å². The van der Waals surface area contributed by atoms with Crippen molar-refractivity contribution in [3.8, 4) is 0 Å². The third kappa shape index (κ3) is 2.89. The Balaban J connectivity index is 2.09. The molecule has 92 valence electrons. The average Bonchev–Trinajstić information content (AvgIpc) is 2.35. The summed E-state index contributed by atoms with van der Waals surface area (Å²) in [6.45, 7) is 5.51. The van der Waals surface area contributed by atoms with Crippen LogP contribution in [0.25, 0.3) is 0 Å². The lowest BCUT2D eigenvalue weighted by atomic mass is 10.0. The van der Waals surface area contributed by atoms with Gasteiger partial charge in [0.2, 0.25) is 0 Å². The minimum absolute atomic E-state index is 0.439. The van der Waals surface area contributed by atoms with Crippen molar-refractivity contribution in [1.82, 2.24) is 4.90 Å². The molecule has 2 rings (SSSR count). The van der Waals surface area contributed by atoms with E-state index in [9.17, 15) is 0 Å². The molecule has 0 saturated carbocycles. The molecule has 0 fully saturated rings. The number of ether oxygens (including phenoxy) is 1. The second-order valence-electron chi connectivity index (χ2n) is 4.79. The third-order valence-corrected chi connectivity index (χ3v) is 3.48. The Morgan fingerprint density at radius 1 is 1.24 bits per heavy atom. The molecule has 1 aromatic rings. The van der Waals surface area contributed by atoms with Crippen molar-refractivity contribution in [1.29, 1.82) is 0 Å². The van der Waals surface area contributed by atoms with Crippen LogP contribution < -0.4 is 0 Å². The summed E-state index contributed by atoms with van der Waals surface area (Å²) in [7, 11) is 1.76. The van der Waals surface area contributed by atoms with E-state index >= 15 is 0 Å². The van der Waals surface area contributed by atoms with Gasteiger partial charge in [-0.3, -0.25) is 4.90 Å². The van der Waals surface area contributed by atoms with E-state index in [1.54, 1.807) is 7.11 Å². The van der Waals surface area contributed by atoms with Gasteiger partial charge in [0.15, 0.2) is 0 Å². The molecule has 1 aliphatic heterocycles. The maximum absolute atomic E-state index is 5.36. The van der Waals surface area contributed by atoms with Gasteiger partial charge >= 0.3 is 0 Å². The van der Waals surface area contributed by atoms with Crippen molar-refractivity contribution >= 4 is 0 Å². The molecule has 0 bridgehead atoms. The first-order chi connectivity index (χ1) is 8.20. The van der Waals surface area contributed by atoms with Crippen molar-refractivity contribution < 1.29 is 4.74 Å². The minimum atomic E-state index is 0.439. The van der Waals surface area contributed by atoms with Gasteiger partial charge in [-0.2, -0.15) is 0 Å². The zero-order chi connectivity index (χ0) is 12.3. The molecule has 0 aromatic heterocycles. The maximum atomic E-state index is 5.36. The van der Waals surface area contributed by atoms with E-state index in [4.69, 9.17) is 4.74 Å². The molecule has 0 N–H and O–H groups in total. The molecule has 2 unspecified atom stereocenters. The van der Waals surface area contributed by atoms with Gasteiger partial charge in [0, 0.05) is 25.0 Å². The predicted octanol–water partition coefficient (Wildman–Crippen LogP) is 3.20. The number of methoxy groups -OCH3 is 1. The zero-order valence-corrected chi connectivity index (χ0v) is 10.9. The summed E-state index contributed by atoms with van der Waals surface area (Å²) < 4.78 is 5.36. The fraction of sp³-hybridized carbons (Fsp3) is 0.467. The molecular formula is C15H21NO. The average molecular weight is 231 g/mol. The number of hydrogen-bond donors (Lipinski definition) is 0. The minimum Gasteiger partial charge on any atom is -0.501 e. The first-order valence-electron chi connectivity index (χ1n) is 6.25. The second-order valence-corrected chi connectivity index (χ2v) is 4.79. The maximum Gasteiger partial charge on any atom is 0.0946 e. The van der Waals surface area contributed by atoms with Gasteiger partial charge in [-0.05, 0) is 25.5 Å². The van der Waals surface area contributed by atoms with Gasteiger partial charge < -0.3 is 4.74 Å². The molecule has 2 nitrogen and oxygen atoms in total. The van der Waals surface area contributed by atoms with Gasteiger partial charge in [0.25, 0.3) is 0 Å². The monoisotopic (exact) mass is 231 g/mol. The van der Waals surface area contributed by atoms with Crippen molar-refractivity contribution in [3.63, 3.8) is 0 Å². The van der Waals surface area contributed by atoms with Crippen LogP contribution in [-0.2, 0) is 11.3 Å². The van der Waals surface area contributed by atoms with Gasteiger partial charge in [-0.25, -0.2) is 0 Å². The summed E-state index contributed by atoms with van der Waals surface area (Å²) >= 11 is 0. The standard InChI is InChI=1S/C15H21NO/c1-12-9-15(17-3)10-13(2)16(12)11-14-7-5-4-6-8-14/h4-9,12-13H,10-11H2,1-3H3. The molecule has 1 heterocycles. The molecule has 2 heteroatoms. The van der Waals surface area contributed by atoms with Crippen molar-refractivity contribution in [3.05, 3.63) is 47.7 Å². The van der Waals surface area contributed by atoms with E-state index in [1.807, 2.05) is 0 Å². The molecule has 1 aliphatic rings. The first kappa shape index (κ1) is 12.2. The molecule has 0 spiro atoms. The van der Waals surface area contributed by atoms with E-state index in [0.29, 0.717) is 12.1 Å². The van der Waals surface area contributed by atoms with Crippen LogP contribution in [-0.4, -0.2) is 24.1 Å². The van der Waals surface area contributed by atoms with E-state index < -0.39 is 0 Å². The Labute approximate surface area is 104 Å². The Bertz CT molecular complexity index is 385. The molecule has 0 saturated heterocycles. The Morgan fingerprint density at radius 3 is 2.53 bits per heavy atom. The fourth-order valence-corrected chi connectivity index (χ4v) is 2.49. The van der Waals surface area contributed by atoms with Crippen LogP contribution in [0, 0.1) is 0 Å². The van der Waals surface area contributed by atoms with Crippen LogP contribution in [0.15, 0.2) is 42.2 Å². The van der Waals surface area contributed by atoms with Crippen LogP contribution >= 0.6 is 0 Å². The summed E-state index contributed by atoms with van der Waals surface area (Å²) in [5.41, 5.74) is 1.38. The lowest BCUT2D eigenvalue weighted by molar-refractivity contribution is 0.126. The highest BCUT2D eigenvalue weighted by Crippen LogP contribution is 2.24. The highest BCUT2D eigenvalue weighted by Gasteiger charge is 2.25. The van der Waals surface area contributed by atoms with E-state index in [-0.39, 0.29) is 0 Å². The molecular weight excluding hydrogens is 210 g/mol. The zero-order valence-electron chi connectivity index (χ0n) is 10.9. The second kappa shape index (κ2) is 5.37. The molecule has 0 amide bonds.